The lowest BCUT2D eigenvalue weighted by molar-refractivity contribution is -0.137. The van der Waals surface area contributed by atoms with Crippen LogP contribution in [0.15, 0.2) is 78.9 Å². The molecule has 1 atom stereocenters. The van der Waals surface area contributed by atoms with E-state index in [0.717, 1.165) is 67.7 Å². The molecule has 0 unspecified atom stereocenters. The van der Waals surface area contributed by atoms with E-state index < -0.39 is 11.7 Å². The number of anilines is 1. The Balaban J connectivity index is 1.30. The van der Waals surface area contributed by atoms with Crippen LogP contribution in [-0.4, -0.2) is 52.9 Å². The van der Waals surface area contributed by atoms with Crippen molar-refractivity contribution in [3.8, 4) is 0 Å². The first-order chi connectivity index (χ1) is 20.8. The number of aromatic nitrogens is 1. The van der Waals surface area contributed by atoms with Gasteiger partial charge in [-0.3, -0.25) is 4.79 Å². The summed E-state index contributed by atoms with van der Waals surface area (Å²) in [5.41, 5.74) is 3.33. The number of alkyl halides is 3. The Bertz CT molecular complexity index is 1600. The summed E-state index contributed by atoms with van der Waals surface area (Å²) in [7, 11) is 0. The topological polar surface area (TPSA) is 48.5 Å². The van der Waals surface area contributed by atoms with Gasteiger partial charge in [-0.25, -0.2) is 4.98 Å². The maximum atomic E-state index is 14.2. The summed E-state index contributed by atoms with van der Waals surface area (Å²) in [6.45, 7) is 4.09. The number of fused-ring (bicyclic) bond motifs is 1. The lowest BCUT2D eigenvalue weighted by Gasteiger charge is -2.29. The van der Waals surface area contributed by atoms with E-state index in [1.807, 2.05) is 65.6 Å². The molecule has 3 heterocycles. The second kappa shape index (κ2) is 12.6. The molecule has 0 aliphatic carbocycles. The molecule has 2 fully saturated rings. The highest BCUT2D eigenvalue weighted by molar-refractivity contribution is 6.07. The van der Waals surface area contributed by atoms with E-state index in [1.54, 1.807) is 6.07 Å². The van der Waals surface area contributed by atoms with Crippen molar-refractivity contribution < 1.29 is 18.0 Å². The van der Waals surface area contributed by atoms with Crippen LogP contribution in [0.5, 0.6) is 0 Å². The normalized spacial score (nSPS) is 17.7. The van der Waals surface area contributed by atoms with Crippen LogP contribution < -0.4 is 5.32 Å². The molecule has 2 aliphatic heterocycles. The van der Waals surface area contributed by atoms with Crippen molar-refractivity contribution >= 4 is 34.8 Å². The Morgan fingerprint density at radius 1 is 0.884 bits per heavy atom. The Kier molecular flexibility index (Phi) is 8.47. The van der Waals surface area contributed by atoms with Crippen molar-refractivity contribution in [3.05, 3.63) is 107 Å². The van der Waals surface area contributed by atoms with Crippen molar-refractivity contribution in [2.75, 3.05) is 31.5 Å². The minimum Gasteiger partial charge on any atom is -0.366 e. The van der Waals surface area contributed by atoms with Crippen LogP contribution in [-0.2, 0) is 12.7 Å². The molecule has 2 aliphatic rings. The Hall–Kier alpha value is -4.17. The van der Waals surface area contributed by atoms with E-state index in [9.17, 15) is 18.0 Å². The molecule has 2 saturated heterocycles. The molecule has 1 aromatic heterocycles. The zero-order chi connectivity index (χ0) is 29.8. The average molecular weight is 585 g/mol. The van der Waals surface area contributed by atoms with Gasteiger partial charge in [0.05, 0.1) is 16.6 Å². The summed E-state index contributed by atoms with van der Waals surface area (Å²) in [5.74, 6) is 0.509. The first-order valence-electron chi connectivity index (χ1n) is 14.9. The van der Waals surface area contributed by atoms with Gasteiger partial charge in [-0.2, -0.15) is 13.2 Å². The van der Waals surface area contributed by atoms with Crippen molar-refractivity contribution in [1.29, 1.82) is 0 Å². The zero-order valence-electron chi connectivity index (χ0n) is 24.0. The minimum absolute atomic E-state index is 0.00383. The highest BCUT2D eigenvalue weighted by Gasteiger charge is 2.33. The van der Waals surface area contributed by atoms with Gasteiger partial charge in [0.15, 0.2) is 0 Å². The van der Waals surface area contributed by atoms with Crippen molar-refractivity contribution in [2.45, 2.75) is 44.4 Å². The van der Waals surface area contributed by atoms with E-state index in [1.165, 1.54) is 25.0 Å². The van der Waals surface area contributed by atoms with Gasteiger partial charge in [0.25, 0.3) is 5.91 Å². The van der Waals surface area contributed by atoms with Gasteiger partial charge < -0.3 is 15.1 Å². The maximum absolute atomic E-state index is 14.2. The minimum atomic E-state index is -4.38. The highest BCUT2D eigenvalue weighted by atomic mass is 19.4. The molecular weight excluding hydrogens is 549 g/mol. The van der Waals surface area contributed by atoms with E-state index in [2.05, 4.69) is 10.2 Å². The number of benzene rings is 3. The first kappa shape index (κ1) is 28.9. The van der Waals surface area contributed by atoms with Gasteiger partial charge in [-0.15, -0.1) is 0 Å². The average Bonchev–Trinajstić information content (AvgIpc) is 3.71. The Morgan fingerprint density at radius 2 is 1.63 bits per heavy atom. The van der Waals surface area contributed by atoms with E-state index in [-0.39, 0.29) is 18.5 Å². The summed E-state index contributed by atoms with van der Waals surface area (Å²) in [4.78, 5) is 23.5. The number of hydrogen-bond donors (Lipinski definition) is 1. The van der Waals surface area contributed by atoms with E-state index in [0.29, 0.717) is 22.5 Å². The first-order valence-corrected chi connectivity index (χ1v) is 14.9. The van der Waals surface area contributed by atoms with Gasteiger partial charge in [-0.05, 0) is 85.8 Å². The summed E-state index contributed by atoms with van der Waals surface area (Å²) in [6, 6.07) is 23.0. The molecule has 6 rings (SSSR count). The molecule has 1 amide bonds. The predicted molar refractivity (Wildman–Crippen MR) is 166 cm³/mol. The zero-order valence-corrected chi connectivity index (χ0v) is 24.0. The molecule has 0 spiro atoms. The molecule has 0 bridgehead atoms. The van der Waals surface area contributed by atoms with Crippen LogP contribution in [0.1, 0.15) is 58.3 Å². The van der Waals surface area contributed by atoms with Gasteiger partial charge in [0.1, 0.15) is 5.82 Å². The van der Waals surface area contributed by atoms with Crippen LogP contribution in [0.2, 0.25) is 0 Å². The number of likely N-dealkylation sites (tertiary alicyclic amines) is 2. The van der Waals surface area contributed by atoms with E-state index >= 15 is 0 Å². The second-order valence-electron chi connectivity index (χ2n) is 11.4. The van der Waals surface area contributed by atoms with Crippen molar-refractivity contribution in [2.24, 2.45) is 0 Å². The fourth-order valence-electron chi connectivity index (χ4n) is 6.09. The number of nitrogens with one attached hydrogen (secondary N) is 1. The Morgan fingerprint density at radius 3 is 2.37 bits per heavy atom. The molecule has 3 aromatic carbocycles. The number of pyridine rings is 1. The van der Waals surface area contributed by atoms with Crippen LogP contribution in [0, 0.1) is 0 Å². The number of amides is 1. The number of halogens is 3. The maximum Gasteiger partial charge on any atom is 0.416 e. The molecule has 0 radical (unpaired) electrons. The van der Waals surface area contributed by atoms with Gasteiger partial charge in [0, 0.05) is 31.1 Å². The summed E-state index contributed by atoms with van der Waals surface area (Å²) in [5, 5.41) is 4.03. The third-order valence-electron chi connectivity index (χ3n) is 8.39. The van der Waals surface area contributed by atoms with Crippen LogP contribution in [0.4, 0.5) is 19.0 Å². The highest BCUT2D eigenvalue weighted by Crippen LogP contribution is 2.30. The standard InChI is InChI=1S/C35H35F3N4O/c36-35(37,38)28-15-12-27(13-16-28)23-39-33-22-31(34(43)42-20-6-9-29(42)24-41-18-4-5-19-41)30-21-26(14-17-32(30)40-33)11-10-25-7-2-1-3-8-25/h1-3,7-8,10-17,21-22,29H,4-6,9,18-20,23-24H2,(H,39,40)/b11-10+/t29-/m0/s1. The van der Waals surface area contributed by atoms with Crippen LogP contribution in [0.25, 0.3) is 23.1 Å². The van der Waals surface area contributed by atoms with Crippen molar-refractivity contribution in [1.82, 2.24) is 14.8 Å². The number of nitrogens with zero attached hydrogens (tertiary/aromatic N) is 3. The third-order valence-corrected chi connectivity index (χ3v) is 8.39. The fourth-order valence-corrected chi connectivity index (χ4v) is 6.09. The van der Waals surface area contributed by atoms with Gasteiger partial charge in [-0.1, -0.05) is 60.7 Å². The molecule has 43 heavy (non-hydrogen) atoms. The number of carbonyl (C=O) groups is 1. The second-order valence-corrected chi connectivity index (χ2v) is 11.4. The molecular formula is C35H35F3N4O. The van der Waals surface area contributed by atoms with Gasteiger partial charge >= 0.3 is 6.18 Å². The van der Waals surface area contributed by atoms with Crippen LogP contribution >= 0.6 is 0 Å². The lowest BCUT2D eigenvalue weighted by atomic mass is 10.0. The fraction of sp³-hybridized carbons (Fsp3) is 0.314. The molecule has 8 heteroatoms. The molecule has 5 nitrogen and oxygen atoms in total. The predicted octanol–water partition coefficient (Wildman–Crippen LogP) is 7.74. The monoisotopic (exact) mass is 584 g/mol. The largest absolute Gasteiger partial charge is 0.416 e. The van der Waals surface area contributed by atoms with Crippen molar-refractivity contribution in [3.63, 3.8) is 0 Å². The molecule has 222 valence electrons. The number of hydrogen-bond acceptors (Lipinski definition) is 4. The molecule has 1 N–H and O–H groups in total. The summed E-state index contributed by atoms with van der Waals surface area (Å²) >= 11 is 0. The summed E-state index contributed by atoms with van der Waals surface area (Å²) in [6.07, 6.45) is 4.10. The smallest absolute Gasteiger partial charge is 0.366 e. The molecule has 4 aromatic rings. The molecule has 0 saturated carbocycles. The van der Waals surface area contributed by atoms with Crippen LogP contribution in [0.3, 0.4) is 0 Å². The lowest BCUT2D eigenvalue weighted by Crippen LogP contribution is -2.42. The number of rotatable bonds is 8. The number of carbonyl (C=O) groups excluding carboxylic acids is 1. The summed E-state index contributed by atoms with van der Waals surface area (Å²) < 4.78 is 39.0. The third kappa shape index (κ3) is 6.91. The van der Waals surface area contributed by atoms with E-state index in [4.69, 9.17) is 4.98 Å². The Labute approximate surface area is 250 Å². The quantitative estimate of drug-likeness (QED) is 0.215. The van der Waals surface area contributed by atoms with Gasteiger partial charge in [0.2, 0.25) is 0 Å². The SMILES string of the molecule is O=C(c1cc(NCc2ccc(C(F)(F)F)cc2)nc2ccc(/C=C/c3ccccc3)cc12)N1CCC[C@H]1CN1CCCC1.